The van der Waals surface area contributed by atoms with Gasteiger partial charge in [-0.15, -0.1) is 0 Å². The van der Waals surface area contributed by atoms with E-state index < -0.39 is 16.1 Å². The van der Waals surface area contributed by atoms with Crippen LogP contribution in [0.1, 0.15) is 32.3 Å². The summed E-state index contributed by atoms with van der Waals surface area (Å²) in [6, 6.07) is 10.2. The summed E-state index contributed by atoms with van der Waals surface area (Å²) in [6.45, 7) is 3.19. The van der Waals surface area contributed by atoms with Crippen molar-refractivity contribution in [1.29, 1.82) is 0 Å². The zero-order valence-corrected chi connectivity index (χ0v) is 22.8. The average Bonchev–Trinajstić information content (AvgIpc) is 2.88. The van der Waals surface area contributed by atoms with Crippen LogP contribution < -0.4 is 25.4 Å². The second-order valence-electron chi connectivity index (χ2n) is 9.07. The van der Waals surface area contributed by atoms with Gasteiger partial charge in [-0.2, -0.15) is 4.31 Å². The lowest BCUT2D eigenvalue weighted by Gasteiger charge is -2.32. The molecule has 1 heterocycles. The number of nitrogens with one attached hydrogen (secondary N) is 3. The first-order chi connectivity index (χ1) is 18.0. The summed E-state index contributed by atoms with van der Waals surface area (Å²) in [5.41, 5.74) is 1.26. The topological polar surface area (TPSA) is 143 Å². The number of anilines is 1. The van der Waals surface area contributed by atoms with E-state index in [9.17, 15) is 22.8 Å². The van der Waals surface area contributed by atoms with Crippen LogP contribution >= 0.6 is 0 Å². The maximum Gasteiger partial charge on any atom is 0.243 e. The molecule has 0 saturated carbocycles. The lowest BCUT2D eigenvalue weighted by Crippen LogP contribution is -2.53. The minimum Gasteiger partial charge on any atom is -0.497 e. The Labute approximate surface area is 222 Å². The van der Waals surface area contributed by atoms with E-state index >= 15 is 0 Å². The Kier molecular flexibility index (Phi) is 9.70. The summed E-state index contributed by atoms with van der Waals surface area (Å²) in [5, 5.41) is 8.27. The van der Waals surface area contributed by atoms with Crippen LogP contribution in [0.25, 0.3) is 0 Å². The van der Waals surface area contributed by atoms with Crippen molar-refractivity contribution in [3.8, 4) is 11.5 Å². The van der Waals surface area contributed by atoms with E-state index in [-0.39, 0.29) is 48.2 Å². The largest absolute Gasteiger partial charge is 0.497 e. The minimum absolute atomic E-state index is 0.133. The second kappa shape index (κ2) is 12.7. The Balaban J connectivity index is 1.62. The first kappa shape index (κ1) is 28.9. The van der Waals surface area contributed by atoms with Crippen molar-refractivity contribution in [2.24, 2.45) is 0 Å². The van der Waals surface area contributed by atoms with Gasteiger partial charge in [0.2, 0.25) is 27.7 Å². The van der Waals surface area contributed by atoms with Crippen molar-refractivity contribution >= 4 is 33.4 Å². The van der Waals surface area contributed by atoms with Gasteiger partial charge in [0.15, 0.2) is 0 Å². The van der Waals surface area contributed by atoms with Gasteiger partial charge in [0, 0.05) is 51.2 Å². The first-order valence-electron chi connectivity index (χ1n) is 12.2. The molecule has 0 radical (unpaired) electrons. The quantitative estimate of drug-likeness (QED) is 0.411. The molecular weight excluding hydrogens is 512 g/mol. The number of ether oxygens (including phenoxy) is 2. The minimum atomic E-state index is -3.72. The summed E-state index contributed by atoms with van der Waals surface area (Å²) in [7, 11) is -0.655. The lowest BCUT2D eigenvalue weighted by molar-refractivity contribution is -0.128. The highest BCUT2D eigenvalue weighted by molar-refractivity contribution is 7.89. The molecule has 1 aliphatic heterocycles. The number of hydrogen-bond acceptors (Lipinski definition) is 7. The number of sulfonamides is 1. The number of nitrogens with zero attached hydrogens (tertiary/aromatic N) is 1. The van der Waals surface area contributed by atoms with Crippen LogP contribution in [0.5, 0.6) is 11.5 Å². The zero-order valence-electron chi connectivity index (χ0n) is 21.9. The summed E-state index contributed by atoms with van der Waals surface area (Å²) < 4.78 is 38.1. The highest BCUT2D eigenvalue weighted by atomic mass is 32.2. The maximum atomic E-state index is 13.1. The fraction of sp³-hybridized carbons (Fsp3) is 0.423. The van der Waals surface area contributed by atoms with Crippen molar-refractivity contribution in [2.75, 3.05) is 32.6 Å². The van der Waals surface area contributed by atoms with Crippen LogP contribution in [0.3, 0.4) is 0 Å². The van der Waals surface area contributed by atoms with Gasteiger partial charge in [0.05, 0.1) is 19.1 Å². The van der Waals surface area contributed by atoms with E-state index in [1.807, 2.05) is 0 Å². The Hall–Kier alpha value is -3.64. The smallest absolute Gasteiger partial charge is 0.243 e. The SMILES string of the molecule is COc1cc(C[C@H](NC(C)=O)C(=O)NC2CCN(S(=O)(=O)c3ccc(NC(C)=O)cc3)CC2)cc(OC)c1. The zero-order chi connectivity index (χ0) is 27.9. The number of hydrogen-bond donors (Lipinski definition) is 3. The van der Waals surface area contributed by atoms with Gasteiger partial charge >= 0.3 is 0 Å². The molecule has 0 unspecified atom stereocenters. The van der Waals surface area contributed by atoms with E-state index in [0.717, 1.165) is 5.56 Å². The van der Waals surface area contributed by atoms with Crippen LogP contribution in [0.4, 0.5) is 5.69 Å². The Morgan fingerprint density at radius 2 is 1.53 bits per heavy atom. The van der Waals surface area contributed by atoms with Gasteiger partial charge in [0.1, 0.15) is 17.5 Å². The van der Waals surface area contributed by atoms with Crippen molar-refractivity contribution in [3.05, 3.63) is 48.0 Å². The van der Waals surface area contributed by atoms with Gasteiger partial charge in [-0.3, -0.25) is 14.4 Å². The van der Waals surface area contributed by atoms with Crippen molar-refractivity contribution in [3.63, 3.8) is 0 Å². The molecular formula is C26H34N4O7S. The monoisotopic (exact) mass is 546 g/mol. The standard InChI is InChI=1S/C26H34N4O7S/c1-17(31)27-20-5-7-24(8-6-20)38(34,35)30-11-9-21(10-12-30)29-26(33)25(28-18(2)32)15-19-13-22(36-3)16-23(14-19)37-4/h5-8,13-14,16,21,25H,9-12,15H2,1-4H3,(H,27,31)(H,28,32)(H,29,33)/t25-/m0/s1. The molecule has 0 spiro atoms. The molecule has 0 aliphatic carbocycles. The molecule has 1 fully saturated rings. The van der Waals surface area contributed by atoms with Crippen LogP contribution in [0, 0.1) is 0 Å². The molecule has 38 heavy (non-hydrogen) atoms. The highest BCUT2D eigenvalue weighted by Crippen LogP contribution is 2.24. The number of methoxy groups -OCH3 is 2. The molecule has 2 aromatic rings. The van der Waals surface area contributed by atoms with Gasteiger partial charge in [-0.1, -0.05) is 0 Å². The van der Waals surface area contributed by atoms with Crippen LogP contribution in [-0.2, 0) is 30.8 Å². The Bertz CT molecular complexity index is 1230. The summed E-state index contributed by atoms with van der Waals surface area (Å²) >= 11 is 0. The number of rotatable bonds is 10. The van der Waals surface area contributed by atoms with Crippen molar-refractivity contribution in [1.82, 2.24) is 14.9 Å². The Morgan fingerprint density at radius 3 is 2.03 bits per heavy atom. The summed E-state index contributed by atoms with van der Waals surface area (Å²) in [4.78, 5) is 36.3. The third kappa shape index (κ3) is 7.68. The van der Waals surface area contributed by atoms with E-state index in [2.05, 4.69) is 16.0 Å². The second-order valence-corrected chi connectivity index (χ2v) is 11.0. The van der Waals surface area contributed by atoms with Crippen molar-refractivity contribution < 1.29 is 32.3 Å². The normalized spacial score (nSPS) is 15.3. The van der Waals surface area contributed by atoms with Gasteiger partial charge < -0.3 is 25.4 Å². The molecule has 12 heteroatoms. The average molecular weight is 547 g/mol. The third-order valence-corrected chi connectivity index (χ3v) is 8.07. The summed E-state index contributed by atoms with van der Waals surface area (Å²) in [5.74, 6) is 0.204. The number of carbonyl (C=O) groups excluding carboxylic acids is 3. The number of piperidine rings is 1. The fourth-order valence-corrected chi connectivity index (χ4v) is 5.75. The first-order valence-corrected chi connectivity index (χ1v) is 13.6. The van der Waals surface area contributed by atoms with Gasteiger partial charge in [-0.25, -0.2) is 8.42 Å². The Morgan fingerprint density at radius 1 is 0.947 bits per heavy atom. The molecule has 11 nitrogen and oxygen atoms in total. The number of amides is 3. The highest BCUT2D eigenvalue weighted by Gasteiger charge is 2.31. The molecule has 2 aromatic carbocycles. The summed E-state index contributed by atoms with van der Waals surface area (Å²) in [6.07, 6.45) is 1.07. The molecule has 3 N–H and O–H groups in total. The fourth-order valence-electron chi connectivity index (χ4n) is 4.28. The maximum absolute atomic E-state index is 13.1. The van der Waals surface area contributed by atoms with Crippen LogP contribution in [0.15, 0.2) is 47.4 Å². The van der Waals surface area contributed by atoms with Crippen LogP contribution in [0.2, 0.25) is 0 Å². The predicted octanol–water partition coefficient (Wildman–Crippen LogP) is 1.68. The molecule has 206 valence electrons. The molecule has 1 aliphatic rings. The third-order valence-electron chi connectivity index (χ3n) is 6.16. The van der Waals surface area contributed by atoms with Gasteiger partial charge in [0.25, 0.3) is 0 Å². The van der Waals surface area contributed by atoms with E-state index in [4.69, 9.17) is 9.47 Å². The number of carbonyl (C=O) groups is 3. The predicted molar refractivity (Wildman–Crippen MR) is 142 cm³/mol. The molecule has 0 aromatic heterocycles. The molecule has 0 bridgehead atoms. The molecule has 3 rings (SSSR count). The lowest BCUT2D eigenvalue weighted by atomic mass is 10.0. The van der Waals surface area contributed by atoms with E-state index in [1.54, 1.807) is 30.3 Å². The van der Waals surface area contributed by atoms with Crippen molar-refractivity contribution in [2.45, 2.75) is 50.1 Å². The van der Waals surface area contributed by atoms with E-state index in [0.29, 0.717) is 30.0 Å². The van der Waals surface area contributed by atoms with Crippen LogP contribution in [-0.4, -0.2) is 69.8 Å². The van der Waals surface area contributed by atoms with E-state index in [1.165, 1.54) is 44.5 Å². The molecule has 1 saturated heterocycles. The van der Waals surface area contributed by atoms with Gasteiger partial charge in [-0.05, 0) is 54.8 Å². The molecule has 1 atom stereocenters. The molecule has 3 amide bonds. The number of benzene rings is 2.